The zero-order valence-electron chi connectivity index (χ0n) is 72.6. The lowest BCUT2D eigenvalue weighted by atomic mass is 9.90. The highest BCUT2D eigenvalue weighted by atomic mass is 35.5. The molecule has 0 aromatic heterocycles. The van der Waals surface area contributed by atoms with Gasteiger partial charge in [0.15, 0.2) is 47.7 Å². The number of carboxylic acid groups (broad SMARTS) is 1. The summed E-state index contributed by atoms with van der Waals surface area (Å²) in [6.07, 6.45) is -26.0. The third-order valence-electron chi connectivity index (χ3n) is 24.6. The summed E-state index contributed by atoms with van der Waals surface area (Å²) < 4.78 is 58.0. The summed E-state index contributed by atoms with van der Waals surface area (Å²) in [6.45, 7) is 2.73. The van der Waals surface area contributed by atoms with Crippen molar-refractivity contribution in [1.29, 1.82) is 0 Å². The Kier molecular flexibility index (Phi) is 29.6. The number of aliphatic hydroxyl groups excluding tert-OH is 9. The van der Waals surface area contributed by atoms with Crippen molar-refractivity contribution in [2.75, 3.05) is 19.8 Å². The van der Waals surface area contributed by atoms with Crippen LogP contribution in [0.25, 0.3) is 11.1 Å². The van der Waals surface area contributed by atoms with E-state index in [2.05, 4.69) is 47.9 Å². The maximum Gasteiger partial charge on any atom is 0.330 e. The number of fused-ring (bicyclic) bond motifs is 11. The van der Waals surface area contributed by atoms with Gasteiger partial charge in [-0.15, -0.1) is 0 Å². The number of carbonyl (C=O) groups excluding carboxylic acids is 9. The molecule has 7 aromatic carbocycles. The Labute approximate surface area is 782 Å². The van der Waals surface area contributed by atoms with E-state index in [-0.39, 0.29) is 46.4 Å². The van der Waals surface area contributed by atoms with Gasteiger partial charge in [0.2, 0.25) is 65.1 Å². The monoisotopic (exact) mass is 1930 g/mol. The summed E-state index contributed by atoms with van der Waals surface area (Å²) in [5.74, 6) is -22.0. The molecule has 45 heteroatoms. The van der Waals surface area contributed by atoms with Crippen LogP contribution in [0.4, 0.5) is 0 Å². The van der Waals surface area contributed by atoms with E-state index in [4.69, 9.17) is 71.6 Å². The number of phenols is 3. The summed E-state index contributed by atoms with van der Waals surface area (Å²) in [5.41, 5.74) is 2.31. The Bertz CT molecular complexity index is 5800. The van der Waals surface area contributed by atoms with Crippen LogP contribution in [0.3, 0.4) is 0 Å². The highest BCUT2D eigenvalue weighted by Gasteiger charge is 2.56. The fourth-order valence-corrected chi connectivity index (χ4v) is 18.0. The summed E-state index contributed by atoms with van der Waals surface area (Å²) in [5, 5.41) is 185. The summed E-state index contributed by atoms with van der Waals surface area (Å²) in [7, 11) is 0. The first-order valence-corrected chi connectivity index (χ1v) is 44.4. The zero-order valence-corrected chi connectivity index (χ0v) is 74.1. The molecular weight excluding hydrogens is 1830 g/mol. The number of aromatic hydroxyl groups is 3. The van der Waals surface area contributed by atoms with Gasteiger partial charge in [-0.1, -0.05) is 99.5 Å². The SMILES string of the molecule is CCCCCCNC(=O)[C@H]1O[C@@H](Oc2c3cc4cc2Oc2ccc(cc2Cl)[C@@H](O[C@@H]2O[C@H](CO)[C@@H](O)[C@H](O)[C@H]2NC(C)=O)[C@@H]2NC(=O)[C@H](NC(=O)[C@@H]4NC(=O)[C@H]4NC(=O)[C@@H](Cc5ccc(c(Cl)c5)O3)NC(=O)[C@H](N)c3ccc(O)c(c3)Oc3cc(O)cc4c3)c3ccc4c(c3)-c3c(cc(O)cc3C4(O)O[C@H]3O[C@H](CO)[C@@H](O)[C@H](O)[C@@H]3O)[C@@H](C(=O)O)NC2=O)[C@H](NC(=O)CCCCC)[C@@H](O)[C@@H]1O. The van der Waals surface area contributed by atoms with E-state index in [1.807, 2.05) is 13.8 Å². The molecule has 10 aliphatic rings. The molecule has 9 heterocycles. The molecule has 43 nitrogen and oxygen atoms in total. The highest BCUT2D eigenvalue weighted by molar-refractivity contribution is 6.32. The average molecular weight is 1930 g/mol. The number of phenolic OH excluding ortho intramolecular Hbond substituents is 3. The van der Waals surface area contributed by atoms with Crippen LogP contribution in [-0.2, 0) is 83.8 Å². The maximum absolute atomic E-state index is 17.2. The van der Waals surface area contributed by atoms with Crippen molar-refractivity contribution in [2.45, 2.75) is 225 Å². The molecule has 9 aliphatic heterocycles. The van der Waals surface area contributed by atoms with Gasteiger partial charge in [-0.2, -0.15) is 0 Å². The van der Waals surface area contributed by atoms with Crippen molar-refractivity contribution < 1.29 is 162 Å². The molecule has 17 rings (SSSR count). The lowest BCUT2D eigenvalue weighted by Gasteiger charge is -2.44. The number of nitrogens with two attached hydrogens (primary N) is 1. The van der Waals surface area contributed by atoms with E-state index in [1.165, 1.54) is 30.3 Å². The van der Waals surface area contributed by atoms with Gasteiger partial charge >= 0.3 is 5.97 Å². The van der Waals surface area contributed by atoms with E-state index in [0.29, 0.717) is 32.1 Å². The third kappa shape index (κ3) is 20.2. The number of hydrogen-bond acceptors (Lipinski definition) is 33. The Balaban J connectivity index is 1.00. The quantitative estimate of drug-likeness (QED) is 0.0349. The summed E-state index contributed by atoms with van der Waals surface area (Å²) in [4.78, 5) is 154. The highest BCUT2D eigenvalue weighted by Crippen LogP contribution is 2.55. The Hall–Kier alpha value is -12.2. The number of aliphatic hydroxyl groups is 10. The van der Waals surface area contributed by atoms with E-state index >= 15 is 24.0 Å². The van der Waals surface area contributed by atoms with Gasteiger partial charge in [0.05, 0.1) is 23.3 Å². The van der Waals surface area contributed by atoms with Crippen LogP contribution in [-0.4, -0.2) is 254 Å². The number of carboxylic acids is 1. The molecule has 24 atom stereocenters. The van der Waals surface area contributed by atoms with Crippen molar-refractivity contribution >= 4 is 82.3 Å². The number of nitrogens with one attached hydrogen (secondary N) is 9. The fourth-order valence-electron chi connectivity index (χ4n) is 17.5. The summed E-state index contributed by atoms with van der Waals surface area (Å²) in [6, 6.07) is 1.17. The lowest BCUT2D eigenvalue weighted by molar-refractivity contribution is -0.355. The summed E-state index contributed by atoms with van der Waals surface area (Å²) >= 11 is 14.8. The number of rotatable bonds is 21. The van der Waals surface area contributed by atoms with Gasteiger partial charge in [-0.05, 0) is 142 Å². The van der Waals surface area contributed by atoms with E-state index in [9.17, 15) is 95.5 Å². The van der Waals surface area contributed by atoms with Gasteiger partial charge in [0.1, 0.15) is 138 Å². The molecule has 0 radical (unpaired) electrons. The first-order valence-electron chi connectivity index (χ1n) is 43.7. The number of hydrogen-bond donors (Lipinski definition) is 24. The van der Waals surface area contributed by atoms with Gasteiger partial charge in [0.25, 0.3) is 5.91 Å². The lowest BCUT2D eigenvalue weighted by Crippen LogP contribution is -2.67. The molecule has 3 saturated heterocycles. The normalized spacial score (nSPS) is 29.7. The van der Waals surface area contributed by atoms with Crippen molar-refractivity contribution in [3.05, 3.63) is 175 Å². The van der Waals surface area contributed by atoms with Crippen LogP contribution >= 0.6 is 23.2 Å². The van der Waals surface area contributed by atoms with E-state index < -0.39 is 320 Å². The second kappa shape index (κ2) is 41.0. The molecule has 17 bridgehead atoms. The van der Waals surface area contributed by atoms with Crippen molar-refractivity contribution in [3.8, 4) is 68.6 Å². The molecule has 1 aliphatic carbocycles. The van der Waals surface area contributed by atoms with Crippen LogP contribution in [0.5, 0.6) is 57.5 Å². The Morgan fingerprint density at radius 2 is 1.12 bits per heavy atom. The Morgan fingerprint density at radius 3 is 1.79 bits per heavy atom. The van der Waals surface area contributed by atoms with Crippen LogP contribution in [0, 0.1) is 0 Å². The minimum atomic E-state index is -3.19. The predicted molar refractivity (Wildman–Crippen MR) is 467 cm³/mol. The molecule has 0 saturated carbocycles. The van der Waals surface area contributed by atoms with Crippen LogP contribution in [0.2, 0.25) is 10.0 Å². The molecule has 0 spiro atoms. The molecular formula is C91H100Cl2N10O33. The van der Waals surface area contributed by atoms with Crippen LogP contribution < -0.4 is 72.5 Å². The molecule has 1 unspecified atom stereocenters. The number of carbonyl (C=O) groups is 10. The van der Waals surface area contributed by atoms with Crippen molar-refractivity contribution in [2.24, 2.45) is 5.73 Å². The molecule has 136 heavy (non-hydrogen) atoms. The number of amides is 9. The molecule has 25 N–H and O–H groups in total. The molecule has 7 aromatic rings. The Morgan fingerprint density at radius 1 is 0.529 bits per heavy atom. The molecule has 9 amide bonds. The number of ether oxygens (including phenoxy) is 9. The number of halogens is 2. The minimum Gasteiger partial charge on any atom is -0.508 e. The van der Waals surface area contributed by atoms with Crippen LogP contribution in [0.15, 0.2) is 115 Å². The number of aliphatic carboxylic acids is 1. The smallest absolute Gasteiger partial charge is 0.330 e. The maximum atomic E-state index is 17.2. The standard InChI is InChI=1S/C91H100Cl2N10O33/c1-4-6-8-10-20-95-86(124)79-75(116)73(114)68(98-60(110)11-9-7-5-2)89(135-79)134-78-56-28-41-29-57(78)130-54-19-15-39(26-50(54)93)77(133-88-67(96-35(3)106)72(113)70(111)58(33-104)131-88)69-85(123)102-66(87(125)126)46-31-43(108)32-48-61(46)45-25-38(13-16-47(45)91(48,127)136-90-76(117)74(115)71(112)59(34-105)132-90)63(82(120)103-69)100-84(122)65(41)101-83(121)64-40-23-42(107)30-44(24-40)128-55-27-37(14-17-52(55)109)62(94)81(119)97-51(80(118)99-64)22-36-12-18-53(129-56)49(92)21-36/h12-19,21,23-32,51,58-59,62-77,79,88-90,104-105,107-109,111-117,127H,4-11,20,22,33-34,94H2,1-3H3,(H,95,124)(H,96,106)(H,97,119)(H,98,110)(H,99,118)(H,100,122)(H,101,121)(H,102,123)(H,103,120)(H,125,126)/t51-,58-,59-,62-,63-,64+,65-,66+,67-,68-,69+,70-,71-,72-,73-,74+,75+,76+,77-,79+,88+,89-,90-,91?/m1/s1. The van der Waals surface area contributed by atoms with Gasteiger partial charge in [-0.3, -0.25) is 43.2 Å². The average Bonchev–Trinajstić information content (AvgIpc) is 1.55. The van der Waals surface area contributed by atoms with Gasteiger partial charge in [0, 0.05) is 43.5 Å². The number of unbranched alkanes of at least 4 members (excludes halogenated alkanes) is 5. The fraction of sp³-hybridized carbons (Fsp3) is 0.429. The van der Waals surface area contributed by atoms with Gasteiger partial charge < -0.3 is 168 Å². The van der Waals surface area contributed by atoms with Crippen molar-refractivity contribution in [1.82, 2.24) is 47.9 Å². The van der Waals surface area contributed by atoms with Crippen molar-refractivity contribution in [3.63, 3.8) is 0 Å². The van der Waals surface area contributed by atoms with Crippen LogP contribution in [0.1, 0.15) is 159 Å². The second-order valence-electron chi connectivity index (χ2n) is 34.1. The van der Waals surface area contributed by atoms with E-state index in [1.54, 1.807) is 0 Å². The third-order valence-corrected chi connectivity index (χ3v) is 25.2. The minimum absolute atomic E-state index is 0.0239. The zero-order chi connectivity index (χ0) is 97.5. The van der Waals surface area contributed by atoms with Gasteiger partial charge in [-0.25, -0.2) is 4.79 Å². The topological polar surface area (TPSA) is 671 Å². The predicted octanol–water partition coefficient (Wildman–Crippen LogP) is 0.746. The largest absolute Gasteiger partial charge is 0.508 e. The first-order chi connectivity index (χ1) is 64.9. The number of benzene rings is 7. The molecule has 3 fully saturated rings. The second-order valence-corrected chi connectivity index (χ2v) is 34.9. The van der Waals surface area contributed by atoms with E-state index in [0.717, 1.165) is 105 Å². The molecule has 726 valence electrons. The first kappa shape index (κ1) is 98.3.